The van der Waals surface area contributed by atoms with Gasteiger partial charge in [0.2, 0.25) is 5.91 Å². The van der Waals surface area contributed by atoms with Crippen LogP contribution in [0.25, 0.3) is 6.08 Å². The Hall–Kier alpha value is -4.92. The van der Waals surface area contributed by atoms with E-state index in [4.69, 9.17) is 0 Å². The number of para-hydroxylation sites is 1. The smallest absolute Gasteiger partial charge is 0.272 e. The third kappa shape index (κ3) is 8.09. The number of thiophene rings is 1. The highest BCUT2D eigenvalue weighted by Crippen LogP contribution is 2.37. The molecule has 3 amide bonds. The molecule has 6 nitrogen and oxygen atoms in total. The van der Waals surface area contributed by atoms with Gasteiger partial charge in [0.15, 0.2) is 0 Å². The number of hydrogen-bond acceptors (Lipinski definition) is 5. The summed E-state index contributed by atoms with van der Waals surface area (Å²) in [5, 5.41) is 10.1. The Bertz CT molecular complexity index is 1740. The van der Waals surface area contributed by atoms with E-state index in [1.807, 2.05) is 103 Å². The number of thioether (sulfide) groups is 1. The van der Waals surface area contributed by atoms with E-state index in [9.17, 15) is 14.4 Å². The van der Waals surface area contributed by atoms with Gasteiger partial charge >= 0.3 is 0 Å². The van der Waals surface area contributed by atoms with Gasteiger partial charge in [-0.25, -0.2) is 0 Å². The molecule has 4 aromatic carbocycles. The van der Waals surface area contributed by atoms with Gasteiger partial charge in [-0.15, -0.1) is 23.1 Å². The van der Waals surface area contributed by atoms with Crippen LogP contribution in [0, 0.1) is 6.92 Å². The molecule has 3 N–H and O–H groups in total. The third-order valence-corrected chi connectivity index (χ3v) is 8.52. The summed E-state index contributed by atoms with van der Waals surface area (Å²) in [6.07, 6.45) is 1.65. The van der Waals surface area contributed by atoms with Crippen LogP contribution in [0.3, 0.4) is 0 Å². The fourth-order valence-electron chi connectivity index (χ4n) is 4.25. The number of carbonyl (C=O) groups excluding carboxylic acids is 3. The third-order valence-electron chi connectivity index (χ3n) is 6.45. The van der Waals surface area contributed by atoms with Gasteiger partial charge in [-0.05, 0) is 72.0 Å². The Labute approximate surface area is 258 Å². The molecule has 1 atom stereocenters. The first-order valence-corrected chi connectivity index (χ1v) is 15.3. The molecule has 0 aliphatic rings. The Morgan fingerprint density at radius 1 is 0.767 bits per heavy atom. The molecule has 0 aliphatic carbocycles. The highest BCUT2D eigenvalue weighted by molar-refractivity contribution is 8.00. The number of benzene rings is 4. The van der Waals surface area contributed by atoms with Crippen molar-refractivity contribution in [3.8, 4) is 0 Å². The minimum absolute atomic E-state index is 0.120. The van der Waals surface area contributed by atoms with Crippen molar-refractivity contribution in [1.29, 1.82) is 0 Å². The molecule has 0 spiro atoms. The van der Waals surface area contributed by atoms with Crippen molar-refractivity contribution in [1.82, 2.24) is 5.32 Å². The van der Waals surface area contributed by atoms with Gasteiger partial charge in [0, 0.05) is 26.7 Å². The topological polar surface area (TPSA) is 87.3 Å². The molecule has 5 rings (SSSR count). The summed E-state index contributed by atoms with van der Waals surface area (Å²) in [5.74, 6) is -0.991. The van der Waals surface area contributed by atoms with Gasteiger partial charge in [0.1, 0.15) is 10.9 Å². The van der Waals surface area contributed by atoms with Crippen LogP contribution in [-0.4, -0.2) is 17.7 Å². The molecule has 0 fully saturated rings. The zero-order chi connectivity index (χ0) is 30.0. The second kappa shape index (κ2) is 14.3. The van der Waals surface area contributed by atoms with Crippen LogP contribution in [0.5, 0.6) is 0 Å². The maximum atomic E-state index is 13.5. The molecule has 1 unspecified atom stereocenters. The minimum atomic E-state index is -0.536. The Morgan fingerprint density at radius 2 is 1.49 bits per heavy atom. The first kappa shape index (κ1) is 29.6. The van der Waals surface area contributed by atoms with Crippen LogP contribution in [-0.2, 0) is 9.59 Å². The van der Waals surface area contributed by atoms with Gasteiger partial charge in [-0.3, -0.25) is 14.4 Å². The summed E-state index contributed by atoms with van der Waals surface area (Å²) >= 11 is 2.85. The zero-order valence-corrected chi connectivity index (χ0v) is 25.0. The van der Waals surface area contributed by atoms with Crippen molar-refractivity contribution in [2.45, 2.75) is 17.1 Å². The first-order valence-electron chi connectivity index (χ1n) is 13.6. The van der Waals surface area contributed by atoms with E-state index in [-0.39, 0.29) is 17.5 Å². The Kier molecular flexibility index (Phi) is 9.84. The number of amides is 3. The van der Waals surface area contributed by atoms with Crippen LogP contribution >= 0.6 is 23.1 Å². The van der Waals surface area contributed by atoms with Crippen molar-refractivity contribution in [2.75, 3.05) is 10.6 Å². The standard InChI is InChI=1S/C35H29N3O3S2/c1-24-12-8-9-20-30(24)37-35(41)32(25-13-4-2-5-14-25)43-29-18-10-17-27(22-29)36-34(40)31(23-28-19-11-21-42-28)38-33(39)26-15-6-3-7-16-26/h2-23,32H,1H3,(H,36,40)(H,37,41)(H,38,39)/b31-23-. The van der Waals surface area contributed by atoms with Gasteiger partial charge < -0.3 is 16.0 Å². The van der Waals surface area contributed by atoms with E-state index in [1.54, 1.807) is 36.4 Å². The normalized spacial score (nSPS) is 11.8. The highest BCUT2D eigenvalue weighted by atomic mass is 32.2. The molecule has 0 saturated heterocycles. The SMILES string of the molecule is Cc1ccccc1NC(=O)C(Sc1cccc(NC(=O)/C(=C/c2cccs2)NC(=O)c2ccccc2)c1)c1ccccc1. The fraction of sp³-hybridized carbons (Fsp3) is 0.0571. The van der Waals surface area contributed by atoms with Crippen molar-refractivity contribution < 1.29 is 14.4 Å². The van der Waals surface area contributed by atoms with Crippen LogP contribution in [0.4, 0.5) is 11.4 Å². The molecule has 1 heterocycles. The van der Waals surface area contributed by atoms with E-state index < -0.39 is 11.2 Å². The van der Waals surface area contributed by atoms with Crippen molar-refractivity contribution >= 4 is 58.3 Å². The summed E-state index contributed by atoms with van der Waals surface area (Å²) in [7, 11) is 0. The lowest BCUT2D eigenvalue weighted by atomic mass is 10.1. The van der Waals surface area contributed by atoms with Gasteiger partial charge in [-0.2, -0.15) is 0 Å². The van der Waals surface area contributed by atoms with E-state index >= 15 is 0 Å². The average molecular weight is 604 g/mol. The molecule has 0 radical (unpaired) electrons. The van der Waals surface area contributed by atoms with Crippen molar-refractivity contribution in [3.63, 3.8) is 0 Å². The van der Waals surface area contributed by atoms with E-state index in [1.165, 1.54) is 23.1 Å². The predicted octanol–water partition coefficient (Wildman–Crippen LogP) is 7.94. The van der Waals surface area contributed by atoms with Crippen LogP contribution in [0.2, 0.25) is 0 Å². The number of aryl methyl sites for hydroxylation is 1. The molecular formula is C35H29N3O3S2. The number of nitrogens with one attached hydrogen (secondary N) is 3. The molecule has 43 heavy (non-hydrogen) atoms. The van der Waals surface area contributed by atoms with E-state index in [0.717, 1.165) is 26.6 Å². The predicted molar refractivity (Wildman–Crippen MR) is 176 cm³/mol. The molecule has 0 bridgehead atoms. The molecule has 1 aromatic heterocycles. The summed E-state index contributed by atoms with van der Waals surface area (Å²) in [4.78, 5) is 41.5. The van der Waals surface area contributed by atoms with E-state index in [0.29, 0.717) is 11.3 Å². The first-order chi connectivity index (χ1) is 21.0. The lowest BCUT2D eigenvalue weighted by molar-refractivity contribution is -0.116. The molecule has 214 valence electrons. The van der Waals surface area contributed by atoms with E-state index in [2.05, 4.69) is 16.0 Å². The lowest BCUT2D eigenvalue weighted by Crippen LogP contribution is -2.30. The second-order valence-electron chi connectivity index (χ2n) is 9.59. The molecule has 5 aromatic rings. The highest BCUT2D eigenvalue weighted by Gasteiger charge is 2.23. The van der Waals surface area contributed by atoms with Gasteiger partial charge in [0.25, 0.3) is 11.8 Å². The second-order valence-corrected chi connectivity index (χ2v) is 11.7. The molecular weight excluding hydrogens is 575 g/mol. The number of rotatable bonds is 10. The quantitative estimate of drug-likeness (QED) is 0.112. The Morgan fingerprint density at radius 3 is 2.21 bits per heavy atom. The van der Waals surface area contributed by atoms with Crippen LogP contribution in [0.1, 0.15) is 31.6 Å². The van der Waals surface area contributed by atoms with Crippen LogP contribution < -0.4 is 16.0 Å². The lowest BCUT2D eigenvalue weighted by Gasteiger charge is -2.18. The zero-order valence-electron chi connectivity index (χ0n) is 23.3. The summed E-state index contributed by atoms with van der Waals surface area (Å²) < 4.78 is 0. The molecule has 8 heteroatoms. The van der Waals surface area contributed by atoms with Crippen LogP contribution in [0.15, 0.2) is 137 Å². The number of anilines is 2. The maximum Gasteiger partial charge on any atom is 0.272 e. The molecule has 0 saturated carbocycles. The Balaban J connectivity index is 1.36. The molecule has 0 aliphatic heterocycles. The summed E-state index contributed by atoms with van der Waals surface area (Å²) in [6.45, 7) is 1.95. The van der Waals surface area contributed by atoms with Crippen molar-refractivity contribution in [3.05, 3.63) is 154 Å². The summed E-state index contributed by atoms with van der Waals surface area (Å²) in [6, 6.07) is 37.1. The maximum absolute atomic E-state index is 13.5. The van der Waals surface area contributed by atoms with Gasteiger partial charge in [-0.1, -0.05) is 78.9 Å². The largest absolute Gasteiger partial charge is 0.325 e. The monoisotopic (exact) mass is 603 g/mol. The summed E-state index contributed by atoms with van der Waals surface area (Å²) in [5.41, 5.74) is 3.70. The number of carbonyl (C=O) groups is 3. The minimum Gasteiger partial charge on any atom is -0.325 e. The fourth-order valence-corrected chi connectivity index (χ4v) is 5.99. The number of hydrogen-bond donors (Lipinski definition) is 3. The average Bonchev–Trinajstić information content (AvgIpc) is 3.55. The van der Waals surface area contributed by atoms with Gasteiger partial charge in [0.05, 0.1) is 0 Å². The van der Waals surface area contributed by atoms with Crippen molar-refractivity contribution in [2.24, 2.45) is 0 Å².